The molecule has 4 nitrogen and oxygen atoms in total. The minimum absolute atomic E-state index is 0.0447. The van der Waals surface area contributed by atoms with Gasteiger partial charge in [0.2, 0.25) is 5.91 Å². The van der Waals surface area contributed by atoms with E-state index >= 15 is 0 Å². The molecule has 0 spiro atoms. The first kappa shape index (κ1) is 15.3. The largest absolute Gasteiger partial charge is 0.440 e. The highest BCUT2D eigenvalue weighted by atomic mass is 35.5. The average Bonchev–Trinajstić information content (AvgIpc) is 2.89. The van der Waals surface area contributed by atoms with E-state index in [1.807, 2.05) is 36.1 Å². The quantitative estimate of drug-likeness (QED) is 0.763. The van der Waals surface area contributed by atoms with Crippen molar-refractivity contribution in [1.82, 2.24) is 9.88 Å². The van der Waals surface area contributed by atoms with E-state index in [0.717, 1.165) is 30.5 Å². The lowest BCUT2D eigenvalue weighted by atomic mass is 9.96. The Kier molecular flexibility index (Phi) is 3.40. The van der Waals surface area contributed by atoms with E-state index in [1.54, 1.807) is 0 Å². The highest BCUT2D eigenvalue weighted by molar-refractivity contribution is 6.53. The zero-order valence-electron chi connectivity index (χ0n) is 12.9. The summed E-state index contributed by atoms with van der Waals surface area (Å²) in [6, 6.07) is 7.73. The van der Waals surface area contributed by atoms with Gasteiger partial charge in [0.15, 0.2) is 11.5 Å². The summed E-state index contributed by atoms with van der Waals surface area (Å²) in [5.74, 6) is 0.887. The fourth-order valence-electron chi connectivity index (χ4n) is 3.41. The van der Waals surface area contributed by atoms with Crippen LogP contribution in [0.4, 0.5) is 0 Å². The van der Waals surface area contributed by atoms with Crippen molar-refractivity contribution in [3.8, 4) is 0 Å². The van der Waals surface area contributed by atoms with E-state index in [0.29, 0.717) is 18.9 Å². The van der Waals surface area contributed by atoms with E-state index in [2.05, 4.69) is 4.98 Å². The third kappa shape index (κ3) is 2.43. The van der Waals surface area contributed by atoms with Crippen LogP contribution in [0.3, 0.4) is 0 Å². The summed E-state index contributed by atoms with van der Waals surface area (Å²) in [5.41, 5.74) is 1.00. The molecule has 2 fully saturated rings. The van der Waals surface area contributed by atoms with E-state index in [1.165, 1.54) is 0 Å². The SMILES string of the molecule is CC1(C(=O)N2CCCC(c3nc4ccccc4o3)C2)CC1(Cl)Cl. The molecule has 122 valence electrons. The molecule has 1 saturated heterocycles. The van der Waals surface area contributed by atoms with Crippen LogP contribution < -0.4 is 0 Å². The van der Waals surface area contributed by atoms with Crippen LogP contribution in [-0.2, 0) is 4.79 Å². The maximum absolute atomic E-state index is 12.8. The lowest BCUT2D eigenvalue weighted by Crippen LogP contribution is -2.43. The normalized spacial score (nSPS) is 29.7. The zero-order valence-corrected chi connectivity index (χ0v) is 14.4. The van der Waals surface area contributed by atoms with Crippen LogP contribution >= 0.6 is 23.2 Å². The molecular formula is C17H18Cl2N2O2. The predicted molar refractivity (Wildman–Crippen MR) is 89.7 cm³/mol. The molecule has 6 heteroatoms. The molecule has 0 N–H and O–H groups in total. The number of hydrogen-bond donors (Lipinski definition) is 0. The van der Waals surface area contributed by atoms with E-state index in [4.69, 9.17) is 27.6 Å². The minimum Gasteiger partial charge on any atom is -0.440 e. The van der Waals surface area contributed by atoms with Crippen LogP contribution in [0.15, 0.2) is 28.7 Å². The van der Waals surface area contributed by atoms with Crippen LogP contribution in [-0.4, -0.2) is 33.2 Å². The number of nitrogens with zero attached hydrogens (tertiary/aromatic N) is 2. The molecule has 0 radical (unpaired) electrons. The lowest BCUT2D eigenvalue weighted by Gasteiger charge is -2.33. The van der Waals surface area contributed by atoms with Gasteiger partial charge in [-0.05, 0) is 38.3 Å². The summed E-state index contributed by atoms with van der Waals surface area (Å²) in [7, 11) is 0. The van der Waals surface area contributed by atoms with Crippen molar-refractivity contribution in [3.63, 3.8) is 0 Å². The second kappa shape index (κ2) is 5.12. The number of aromatic nitrogens is 1. The third-order valence-corrected chi connectivity index (χ3v) is 6.20. The van der Waals surface area contributed by atoms with Gasteiger partial charge in [-0.3, -0.25) is 4.79 Å². The molecule has 4 rings (SSSR count). The molecular weight excluding hydrogens is 335 g/mol. The fraction of sp³-hybridized carbons (Fsp3) is 0.529. The molecule has 23 heavy (non-hydrogen) atoms. The van der Waals surface area contributed by atoms with Gasteiger partial charge in [-0.15, -0.1) is 23.2 Å². The van der Waals surface area contributed by atoms with Gasteiger partial charge in [-0.25, -0.2) is 4.98 Å². The smallest absolute Gasteiger partial charge is 0.231 e. The molecule has 2 aromatic rings. The molecule has 1 amide bonds. The van der Waals surface area contributed by atoms with Crippen LogP contribution in [0.1, 0.15) is 38.0 Å². The molecule has 2 unspecified atom stereocenters. The Morgan fingerprint density at radius 1 is 1.39 bits per heavy atom. The Morgan fingerprint density at radius 2 is 2.13 bits per heavy atom. The second-order valence-corrected chi connectivity index (χ2v) is 8.31. The second-order valence-electron chi connectivity index (χ2n) is 6.82. The number of oxazole rings is 1. The summed E-state index contributed by atoms with van der Waals surface area (Å²) in [5, 5.41) is 0. The number of hydrogen-bond acceptors (Lipinski definition) is 3. The maximum Gasteiger partial charge on any atom is 0.231 e. The minimum atomic E-state index is -0.922. The van der Waals surface area contributed by atoms with Crippen molar-refractivity contribution in [3.05, 3.63) is 30.2 Å². The molecule has 2 atom stereocenters. The van der Waals surface area contributed by atoms with Gasteiger partial charge in [0.25, 0.3) is 0 Å². The number of piperidine rings is 1. The number of carbonyl (C=O) groups is 1. The van der Waals surface area contributed by atoms with E-state index in [-0.39, 0.29) is 11.8 Å². The number of likely N-dealkylation sites (tertiary alicyclic amines) is 1. The van der Waals surface area contributed by atoms with Crippen molar-refractivity contribution >= 4 is 40.2 Å². The van der Waals surface area contributed by atoms with E-state index in [9.17, 15) is 4.79 Å². The maximum atomic E-state index is 12.8. The number of rotatable bonds is 2. The first-order valence-corrected chi connectivity index (χ1v) is 8.69. The molecule has 1 aliphatic heterocycles. The third-order valence-electron chi connectivity index (χ3n) is 5.10. The zero-order chi connectivity index (χ0) is 16.2. The summed E-state index contributed by atoms with van der Waals surface area (Å²) < 4.78 is 4.95. The first-order valence-electron chi connectivity index (χ1n) is 7.93. The van der Waals surface area contributed by atoms with Crippen molar-refractivity contribution in [2.45, 2.75) is 36.4 Å². The number of alkyl halides is 2. The lowest BCUT2D eigenvalue weighted by molar-refractivity contribution is -0.137. The molecule has 1 saturated carbocycles. The molecule has 1 aromatic carbocycles. The van der Waals surface area contributed by atoms with Crippen molar-refractivity contribution in [2.75, 3.05) is 13.1 Å². The predicted octanol–water partition coefficient (Wildman–Crippen LogP) is 4.12. The fourth-order valence-corrected chi connectivity index (χ4v) is 4.10. The van der Waals surface area contributed by atoms with Crippen LogP contribution in [0, 0.1) is 5.41 Å². The van der Waals surface area contributed by atoms with Crippen molar-refractivity contribution < 1.29 is 9.21 Å². The molecule has 2 aliphatic rings. The highest BCUT2D eigenvalue weighted by Gasteiger charge is 2.68. The summed E-state index contributed by atoms with van der Waals surface area (Å²) in [4.78, 5) is 19.2. The number of benzene rings is 1. The number of amides is 1. The Labute approximate surface area is 144 Å². The Hall–Kier alpha value is -1.26. The molecule has 1 aromatic heterocycles. The van der Waals surface area contributed by atoms with Crippen molar-refractivity contribution in [1.29, 1.82) is 0 Å². The van der Waals surface area contributed by atoms with Gasteiger partial charge >= 0.3 is 0 Å². The Balaban J connectivity index is 1.54. The van der Waals surface area contributed by atoms with Crippen LogP contribution in [0.2, 0.25) is 0 Å². The van der Waals surface area contributed by atoms with E-state index < -0.39 is 9.75 Å². The molecule has 2 heterocycles. The average molecular weight is 353 g/mol. The first-order chi connectivity index (χ1) is 10.9. The standard InChI is InChI=1S/C17H18Cl2N2O2/c1-16(10-17(16,18)19)15(22)21-8-4-5-11(9-21)14-20-12-6-2-3-7-13(12)23-14/h2-3,6-7,11H,4-5,8-10H2,1H3. The topological polar surface area (TPSA) is 46.3 Å². The van der Waals surface area contributed by atoms with Crippen LogP contribution in [0.25, 0.3) is 11.1 Å². The van der Waals surface area contributed by atoms with Gasteiger partial charge in [0.05, 0.1) is 11.3 Å². The summed E-state index contributed by atoms with van der Waals surface area (Å²) >= 11 is 12.3. The highest BCUT2D eigenvalue weighted by Crippen LogP contribution is 2.64. The van der Waals surface area contributed by atoms with Crippen LogP contribution in [0.5, 0.6) is 0 Å². The monoisotopic (exact) mass is 352 g/mol. The number of para-hydroxylation sites is 2. The number of fused-ring (bicyclic) bond motifs is 1. The van der Waals surface area contributed by atoms with Crippen molar-refractivity contribution in [2.24, 2.45) is 5.41 Å². The molecule has 0 bridgehead atoms. The number of halogens is 2. The Bertz CT molecular complexity index is 740. The van der Waals surface area contributed by atoms with Gasteiger partial charge < -0.3 is 9.32 Å². The Morgan fingerprint density at radius 3 is 2.83 bits per heavy atom. The summed E-state index contributed by atoms with van der Waals surface area (Å²) in [6.07, 6.45) is 2.43. The molecule has 1 aliphatic carbocycles. The summed E-state index contributed by atoms with van der Waals surface area (Å²) in [6.45, 7) is 3.21. The van der Waals surface area contributed by atoms with Gasteiger partial charge in [0.1, 0.15) is 9.85 Å². The number of carbonyl (C=O) groups excluding carboxylic acids is 1. The van der Waals surface area contributed by atoms with Gasteiger partial charge in [-0.2, -0.15) is 0 Å². The van der Waals surface area contributed by atoms with Gasteiger partial charge in [-0.1, -0.05) is 12.1 Å². The van der Waals surface area contributed by atoms with Gasteiger partial charge in [0, 0.05) is 13.1 Å².